The number of amides is 2. The van der Waals surface area contributed by atoms with Crippen molar-refractivity contribution in [2.24, 2.45) is 0 Å². The highest BCUT2D eigenvalue weighted by molar-refractivity contribution is 6.01. The molecule has 0 radical (unpaired) electrons. The number of halogens is 1. The standard InChI is InChI=1S/C23H19FN6O2/c1-15-27-28-29-30(15)18-12-13-19(24)20(14-18)25-23(32)21(16-8-4-2-5-9-16)26-22(31)17-10-6-3-7-11-17/h2-14,21H,1H3,(H,25,32)(H,26,31). The van der Waals surface area contributed by atoms with E-state index in [0.29, 0.717) is 22.6 Å². The summed E-state index contributed by atoms with van der Waals surface area (Å²) in [4.78, 5) is 25.9. The quantitative estimate of drug-likeness (QED) is 0.489. The molecule has 160 valence electrons. The lowest BCUT2D eigenvalue weighted by molar-refractivity contribution is -0.118. The number of tetrazole rings is 1. The number of rotatable bonds is 6. The van der Waals surface area contributed by atoms with Gasteiger partial charge in [0.15, 0.2) is 5.82 Å². The lowest BCUT2D eigenvalue weighted by Gasteiger charge is -2.19. The number of nitrogens with one attached hydrogen (secondary N) is 2. The molecule has 4 rings (SSSR count). The molecule has 1 heterocycles. The molecular weight excluding hydrogens is 411 g/mol. The van der Waals surface area contributed by atoms with Gasteiger partial charge < -0.3 is 10.6 Å². The van der Waals surface area contributed by atoms with Crippen molar-refractivity contribution in [2.75, 3.05) is 5.32 Å². The number of nitrogens with zero attached hydrogens (tertiary/aromatic N) is 4. The fourth-order valence-corrected chi connectivity index (χ4v) is 3.17. The van der Waals surface area contributed by atoms with Gasteiger partial charge in [-0.25, -0.2) is 4.39 Å². The predicted octanol–water partition coefficient (Wildman–Crippen LogP) is 3.22. The van der Waals surface area contributed by atoms with Gasteiger partial charge in [0.25, 0.3) is 11.8 Å². The van der Waals surface area contributed by atoms with E-state index in [1.54, 1.807) is 67.6 Å². The summed E-state index contributed by atoms with van der Waals surface area (Å²) < 4.78 is 15.9. The summed E-state index contributed by atoms with van der Waals surface area (Å²) in [5.74, 6) is -1.14. The largest absolute Gasteiger partial charge is 0.336 e. The van der Waals surface area contributed by atoms with Crippen LogP contribution < -0.4 is 10.6 Å². The molecule has 0 saturated heterocycles. The van der Waals surface area contributed by atoms with Gasteiger partial charge in [-0.1, -0.05) is 48.5 Å². The molecule has 0 aliphatic carbocycles. The summed E-state index contributed by atoms with van der Waals surface area (Å²) in [6.07, 6.45) is 0. The summed E-state index contributed by atoms with van der Waals surface area (Å²) in [6, 6.07) is 20.4. The molecule has 32 heavy (non-hydrogen) atoms. The van der Waals surface area contributed by atoms with Gasteiger partial charge in [0.1, 0.15) is 11.9 Å². The van der Waals surface area contributed by atoms with Crippen LogP contribution in [0.2, 0.25) is 0 Å². The summed E-state index contributed by atoms with van der Waals surface area (Å²) in [5.41, 5.74) is 1.39. The fraction of sp³-hybridized carbons (Fsp3) is 0.0870. The third-order valence-electron chi connectivity index (χ3n) is 4.78. The third-order valence-corrected chi connectivity index (χ3v) is 4.78. The first kappa shape index (κ1) is 20.9. The molecule has 1 unspecified atom stereocenters. The SMILES string of the molecule is Cc1nnnn1-c1ccc(F)c(NC(=O)C(NC(=O)c2ccccc2)c2ccccc2)c1. The average molecular weight is 430 g/mol. The minimum atomic E-state index is -1.04. The maximum atomic E-state index is 14.5. The van der Waals surface area contributed by atoms with Crippen LogP contribution in [-0.4, -0.2) is 32.0 Å². The van der Waals surface area contributed by atoms with Gasteiger partial charge in [-0.05, 0) is 53.2 Å². The monoisotopic (exact) mass is 430 g/mol. The first-order valence-corrected chi connectivity index (χ1v) is 9.79. The molecule has 1 aromatic heterocycles. The Bertz CT molecular complexity index is 1240. The predicted molar refractivity (Wildman–Crippen MR) is 116 cm³/mol. The van der Waals surface area contributed by atoms with Crippen LogP contribution in [0.3, 0.4) is 0 Å². The van der Waals surface area contributed by atoms with E-state index in [-0.39, 0.29) is 5.69 Å². The first-order chi connectivity index (χ1) is 15.5. The second-order valence-electron chi connectivity index (χ2n) is 6.97. The maximum absolute atomic E-state index is 14.5. The number of hydrogen-bond donors (Lipinski definition) is 2. The molecule has 0 spiro atoms. The number of aryl methyl sites for hydroxylation is 1. The van der Waals surface area contributed by atoms with E-state index in [4.69, 9.17) is 0 Å². The Labute approximate surface area is 183 Å². The molecule has 0 fully saturated rings. The van der Waals surface area contributed by atoms with Gasteiger partial charge in [0.2, 0.25) is 0 Å². The Kier molecular flexibility index (Phi) is 5.98. The second kappa shape index (κ2) is 9.17. The average Bonchev–Trinajstić information content (AvgIpc) is 3.25. The Balaban J connectivity index is 1.62. The molecule has 8 nitrogen and oxygen atoms in total. The molecule has 4 aromatic rings. The van der Waals surface area contributed by atoms with Crippen LogP contribution in [0.5, 0.6) is 0 Å². The molecule has 0 saturated carbocycles. The van der Waals surface area contributed by atoms with Crippen LogP contribution in [0.15, 0.2) is 78.9 Å². The molecule has 3 aromatic carbocycles. The van der Waals surface area contributed by atoms with Gasteiger partial charge in [0, 0.05) is 5.56 Å². The van der Waals surface area contributed by atoms with Crippen LogP contribution in [0, 0.1) is 12.7 Å². The number of benzene rings is 3. The maximum Gasteiger partial charge on any atom is 0.252 e. The molecule has 9 heteroatoms. The van der Waals surface area contributed by atoms with Crippen molar-refractivity contribution in [1.82, 2.24) is 25.5 Å². The summed E-state index contributed by atoms with van der Waals surface area (Å²) in [6.45, 7) is 1.70. The van der Waals surface area contributed by atoms with Crippen LogP contribution in [-0.2, 0) is 4.79 Å². The number of hydrogen-bond acceptors (Lipinski definition) is 5. The highest BCUT2D eigenvalue weighted by Gasteiger charge is 2.24. The Morgan fingerprint density at radius 1 is 0.969 bits per heavy atom. The van der Waals surface area contributed by atoms with Crippen molar-refractivity contribution in [3.05, 3.63) is 102 Å². The lowest BCUT2D eigenvalue weighted by Crippen LogP contribution is -2.37. The number of aromatic nitrogens is 4. The van der Waals surface area contributed by atoms with Crippen molar-refractivity contribution in [3.63, 3.8) is 0 Å². The lowest BCUT2D eigenvalue weighted by atomic mass is 10.0. The van der Waals surface area contributed by atoms with E-state index in [0.717, 1.165) is 0 Å². The van der Waals surface area contributed by atoms with E-state index in [1.165, 1.54) is 22.9 Å². The van der Waals surface area contributed by atoms with Gasteiger partial charge in [-0.15, -0.1) is 5.10 Å². The minimum Gasteiger partial charge on any atom is -0.336 e. The Morgan fingerprint density at radius 3 is 2.31 bits per heavy atom. The van der Waals surface area contributed by atoms with Crippen molar-refractivity contribution < 1.29 is 14.0 Å². The highest BCUT2D eigenvalue weighted by Crippen LogP contribution is 2.22. The van der Waals surface area contributed by atoms with Crippen LogP contribution in [0.25, 0.3) is 5.69 Å². The molecule has 2 N–H and O–H groups in total. The summed E-state index contributed by atoms with van der Waals surface area (Å²) in [5, 5.41) is 16.5. The number of carbonyl (C=O) groups excluding carboxylic acids is 2. The van der Waals surface area contributed by atoms with Gasteiger partial charge >= 0.3 is 0 Å². The number of anilines is 1. The van der Waals surface area contributed by atoms with E-state index < -0.39 is 23.7 Å². The molecule has 0 aliphatic heterocycles. The minimum absolute atomic E-state index is 0.0581. The zero-order chi connectivity index (χ0) is 22.5. The zero-order valence-electron chi connectivity index (χ0n) is 17.1. The smallest absolute Gasteiger partial charge is 0.252 e. The number of carbonyl (C=O) groups is 2. The van der Waals surface area contributed by atoms with Crippen molar-refractivity contribution in [1.29, 1.82) is 0 Å². The zero-order valence-corrected chi connectivity index (χ0v) is 17.1. The molecular formula is C23H19FN6O2. The third kappa shape index (κ3) is 4.51. The van der Waals surface area contributed by atoms with E-state index in [1.807, 2.05) is 0 Å². The topological polar surface area (TPSA) is 102 Å². The van der Waals surface area contributed by atoms with Crippen LogP contribution in [0.1, 0.15) is 27.8 Å². The van der Waals surface area contributed by atoms with Crippen molar-refractivity contribution >= 4 is 17.5 Å². The molecule has 0 aliphatic rings. The van der Waals surface area contributed by atoms with E-state index >= 15 is 0 Å². The molecule has 1 atom stereocenters. The van der Waals surface area contributed by atoms with Gasteiger partial charge in [-0.3, -0.25) is 9.59 Å². The Hall–Kier alpha value is -4.40. The second-order valence-corrected chi connectivity index (χ2v) is 6.97. The molecule has 2 amide bonds. The normalized spacial score (nSPS) is 11.6. The van der Waals surface area contributed by atoms with Crippen molar-refractivity contribution in [2.45, 2.75) is 13.0 Å². The summed E-state index contributed by atoms with van der Waals surface area (Å²) in [7, 11) is 0. The van der Waals surface area contributed by atoms with E-state index in [2.05, 4.69) is 26.2 Å². The summed E-state index contributed by atoms with van der Waals surface area (Å²) >= 11 is 0. The molecule has 0 bridgehead atoms. The fourth-order valence-electron chi connectivity index (χ4n) is 3.17. The highest BCUT2D eigenvalue weighted by atomic mass is 19.1. The van der Waals surface area contributed by atoms with E-state index in [9.17, 15) is 14.0 Å². The van der Waals surface area contributed by atoms with Gasteiger partial charge in [-0.2, -0.15) is 4.68 Å². The van der Waals surface area contributed by atoms with Crippen molar-refractivity contribution in [3.8, 4) is 5.69 Å². The Morgan fingerprint density at radius 2 is 1.66 bits per heavy atom. The van der Waals surface area contributed by atoms with Crippen LogP contribution >= 0.6 is 0 Å². The van der Waals surface area contributed by atoms with Gasteiger partial charge in [0.05, 0.1) is 11.4 Å². The first-order valence-electron chi connectivity index (χ1n) is 9.79. The van der Waals surface area contributed by atoms with Crippen LogP contribution in [0.4, 0.5) is 10.1 Å².